The molecule has 24 heavy (non-hydrogen) atoms. The first kappa shape index (κ1) is 14.5. The molecule has 1 N–H and O–H groups in total. The number of rotatable bonds is 3. The summed E-state index contributed by atoms with van der Waals surface area (Å²) in [5.74, 6) is 1.48. The summed E-state index contributed by atoms with van der Waals surface area (Å²) < 4.78 is 0. The molecule has 0 atom stereocenters. The Labute approximate surface area is 144 Å². The van der Waals surface area contributed by atoms with Gasteiger partial charge in [0, 0.05) is 16.8 Å². The zero-order chi connectivity index (χ0) is 16.4. The average molecular weight is 336 g/mol. The van der Waals surface area contributed by atoms with Crippen LogP contribution >= 0.6 is 11.6 Å². The van der Waals surface area contributed by atoms with Gasteiger partial charge in [0.15, 0.2) is 11.7 Å². The summed E-state index contributed by atoms with van der Waals surface area (Å²) in [6.07, 6.45) is 1.75. The van der Waals surface area contributed by atoms with E-state index in [1.165, 1.54) is 0 Å². The van der Waals surface area contributed by atoms with Crippen molar-refractivity contribution >= 4 is 28.9 Å². The Morgan fingerprint density at radius 3 is 2.29 bits per heavy atom. The Hall–Kier alpha value is -3.05. The van der Waals surface area contributed by atoms with Crippen LogP contribution in [0.5, 0.6) is 0 Å². The van der Waals surface area contributed by atoms with Crippen LogP contribution in [0.1, 0.15) is 5.56 Å². The SMILES string of the molecule is Clc1ccc(N2N=C(c3ccccc3)NN2c2ccccn2)cc1. The summed E-state index contributed by atoms with van der Waals surface area (Å²) in [6.45, 7) is 0. The van der Waals surface area contributed by atoms with E-state index in [0.29, 0.717) is 5.02 Å². The number of nitrogens with zero attached hydrogens (tertiary/aromatic N) is 4. The minimum Gasteiger partial charge on any atom is -0.257 e. The molecule has 0 amide bonds. The highest BCUT2D eigenvalue weighted by molar-refractivity contribution is 6.30. The zero-order valence-electron chi connectivity index (χ0n) is 12.7. The van der Waals surface area contributed by atoms with E-state index in [0.717, 1.165) is 22.9 Å². The smallest absolute Gasteiger partial charge is 0.176 e. The number of benzene rings is 2. The molecule has 0 saturated heterocycles. The second-order valence-corrected chi connectivity index (χ2v) is 5.63. The van der Waals surface area contributed by atoms with Crippen molar-refractivity contribution in [2.24, 2.45) is 5.10 Å². The lowest BCUT2D eigenvalue weighted by atomic mass is 10.2. The first-order chi connectivity index (χ1) is 11.8. The van der Waals surface area contributed by atoms with E-state index >= 15 is 0 Å². The molecule has 1 aromatic heterocycles. The predicted octanol–water partition coefficient (Wildman–Crippen LogP) is 3.84. The maximum Gasteiger partial charge on any atom is 0.176 e. The van der Waals surface area contributed by atoms with Crippen molar-refractivity contribution in [1.82, 2.24) is 10.4 Å². The minimum atomic E-state index is 0.683. The lowest BCUT2D eigenvalue weighted by molar-refractivity contribution is 0.756. The third-order valence-corrected chi connectivity index (χ3v) is 3.82. The van der Waals surface area contributed by atoms with Crippen molar-refractivity contribution < 1.29 is 0 Å². The van der Waals surface area contributed by atoms with Crippen molar-refractivity contribution in [3.8, 4) is 0 Å². The van der Waals surface area contributed by atoms with Crippen molar-refractivity contribution in [2.45, 2.75) is 0 Å². The number of aromatic nitrogens is 1. The first-order valence-electron chi connectivity index (χ1n) is 7.49. The topological polar surface area (TPSA) is 43.8 Å². The van der Waals surface area contributed by atoms with Crippen LogP contribution in [0.15, 0.2) is 84.1 Å². The summed E-state index contributed by atoms with van der Waals surface area (Å²) in [6, 6.07) is 23.2. The molecule has 1 aliphatic rings. The van der Waals surface area contributed by atoms with Gasteiger partial charge in [0.2, 0.25) is 0 Å². The van der Waals surface area contributed by atoms with Gasteiger partial charge in [-0.25, -0.2) is 4.98 Å². The predicted molar refractivity (Wildman–Crippen MR) is 96.8 cm³/mol. The molecular formula is C18H14ClN5. The van der Waals surface area contributed by atoms with E-state index in [2.05, 4.69) is 10.4 Å². The van der Waals surface area contributed by atoms with Gasteiger partial charge in [0.1, 0.15) is 0 Å². The summed E-state index contributed by atoms with van der Waals surface area (Å²) in [7, 11) is 0. The Kier molecular flexibility index (Phi) is 3.76. The number of nitrogens with one attached hydrogen (secondary N) is 1. The molecule has 5 nitrogen and oxygen atoms in total. The van der Waals surface area contributed by atoms with Crippen molar-refractivity contribution in [2.75, 3.05) is 10.2 Å². The Morgan fingerprint density at radius 1 is 0.833 bits per heavy atom. The summed E-state index contributed by atoms with van der Waals surface area (Å²) in [5, 5.41) is 8.94. The maximum absolute atomic E-state index is 6.00. The zero-order valence-corrected chi connectivity index (χ0v) is 13.4. The van der Waals surface area contributed by atoms with Crippen LogP contribution in [0, 0.1) is 0 Å². The molecule has 0 spiro atoms. The van der Waals surface area contributed by atoms with Gasteiger partial charge in [0.05, 0.1) is 5.69 Å². The van der Waals surface area contributed by atoms with Gasteiger partial charge < -0.3 is 0 Å². The molecule has 3 aromatic rings. The van der Waals surface area contributed by atoms with Crippen molar-refractivity contribution in [3.63, 3.8) is 0 Å². The molecule has 0 fully saturated rings. The summed E-state index contributed by atoms with van der Waals surface area (Å²) in [4.78, 5) is 4.40. The molecule has 6 heteroatoms. The molecule has 4 rings (SSSR count). The largest absolute Gasteiger partial charge is 0.257 e. The number of pyridine rings is 1. The van der Waals surface area contributed by atoms with Crippen LogP contribution < -0.4 is 15.7 Å². The number of hydrazone groups is 1. The number of amidine groups is 1. The van der Waals surface area contributed by atoms with Gasteiger partial charge in [0.25, 0.3) is 0 Å². The highest BCUT2D eigenvalue weighted by Gasteiger charge is 2.26. The average Bonchev–Trinajstić information content (AvgIpc) is 3.09. The third-order valence-electron chi connectivity index (χ3n) is 3.57. The van der Waals surface area contributed by atoms with Crippen LogP contribution in [0.2, 0.25) is 5.02 Å². The lowest BCUT2D eigenvalue weighted by Gasteiger charge is -2.26. The molecule has 0 radical (unpaired) electrons. The van der Waals surface area contributed by atoms with Gasteiger partial charge in [-0.05, 0) is 36.4 Å². The standard InChI is InChI=1S/C18H14ClN5/c19-15-9-11-16(12-10-15)23-21-18(14-6-2-1-3-7-14)22-24(23)17-8-4-5-13-20-17/h1-13H,(H,21,22). The summed E-state index contributed by atoms with van der Waals surface area (Å²) in [5.41, 5.74) is 5.17. The second-order valence-electron chi connectivity index (χ2n) is 5.19. The number of halogens is 1. The first-order valence-corrected chi connectivity index (χ1v) is 7.86. The number of hydrogen-bond acceptors (Lipinski definition) is 5. The molecule has 0 unspecified atom stereocenters. The van der Waals surface area contributed by atoms with E-state index in [1.54, 1.807) is 16.4 Å². The van der Waals surface area contributed by atoms with Gasteiger partial charge in [-0.1, -0.05) is 48.0 Å². The van der Waals surface area contributed by atoms with Crippen molar-refractivity contribution in [3.05, 3.63) is 89.6 Å². The Balaban J connectivity index is 1.75. The molecule has 0 saturated carbocycles. The minimum absolute atomic E-state index is 0.683. The van der Waals surface area contributed by atoms with Crippen LogP contribution in [0.25, 0.3) is 0 Å². The molecular weight excluding hydrogens is 322 g/mol. The van der Waals surface area contributed by atoms with E-state index in [-0.39, 0.29) is 0 Å². The number of anilines is 2. The molecule has 0 aliphatic carbocycles. The van der Waals surface area contributed by atoms with Crippen LogP contribution in [0.4, 0.5) is 11.5 Å². The van der Waals surface area contributed by atoms with E-state index in [1.807, 2.05) is 72.8 Å². The van der Waals surface area contributed by atoms with Crippen LogP contribution in [-0.2, 0) is 0 Å². The summed E-state index contributed by atoms with van der Waals surface area (Å²) >= 11 is 6.00. The molecule has 1 aliphatic heterocycles. The van der Waals surface area contributed by atoms with Gasteiger partial charge in [-0.3, -0.25) is 5.43 Å². The highest BCUT2D eigenvalue weighted by Crippen LogP contribution is 2.25. The fourth-order valence-electron chi connectivity index (χ4n) is 2.41. The third kappa shape index (κ3) is 2.77. The Morgan fingerprint density at radius 2 is 1.58 bits per heavy atom. The van der Waals surface area contributed by atoms with Crippen LogP contribution in [-0.4, -0.2) is 10.8 Å². The highest BCUT2D eigenvalue weighted by atomic mass is 35.5. The quantitative estimate of drug-likeness (QED) is 0.789. The monoisotopic (exact) mass is 335 g/mol. The fraction of sp³-hybridized carbons (Fsp3) is 0. The van der Waals surface area contributed by atoms with E-state index in [4.69, 9.17) is 16.7 Å². The van der Waals surface area contributed by atoms with E-state index in [9.17, 15) is 0 Å². The number of hydrazine groups is 2. The maximum atomic E-state index is 6.00. The Bertz CT molecular complexity index is 850. The normalized spacial score (nSPS) is 13.6. The molecule has 118 valence electrons. The molecule has 0 bridgehead atoms. The van der Waals surface area contributed by atoms with Gasteiger partial charge >= 0.3 is 0 Å². The van der Waals surface area contributed by atoms with Gasteiger partial charge in [-0.15, -0.1) is 10.2 Å². The van der Waals surface area contributed by atoms with Crippen LogP contribution in [0.3, 0.4) is 0 Å². The molecule has 2 aromatic carbocycles. The molecule has 2 heterocycles. The van der Waals surface area contributed by atoms with E-state index < -0.39 is 0 Å². The second kappa shape index (κ2) is 6.22. The fourth-order valence-corrected chi connectivity index (χ4v) is 2.53. The number of hydrogen-bond donors (Lipinski definition) is 1. The van der Waals surface area contributed by atoms with Crippen molar-refractivity contribution in [1.29, 1.82) is 0 Å². The van der Waals surface area contributed by atoms with Gasteiger partial charge in [-0.2, -0.15) is 5.12 Å². The lowest BCUT2D eigenvalue weighted by Crippen LogP contribution is -2.45.